The summed E-state index contributed by atoms with van der Waals surface area (Å²) in [6.07, 6.45) is -0.353. The highest BCUT2D eigenvalue weighted by Gasteiger charge is 2.17. The standard InChI is InChI=1S/C15H19FN2O2/c1-9-12(10(2)18(3)17-9)8-14(19)11-5-6-15(20-4)13(16)7-11/h5-7,14,19H,8H2,1-4H3. The molecule has 0 aliphatic carbocycles. The van der Waals surface area contributed by atoms with Gasteiger partial charge in [0.2, 0.25) is 0 Å². The lowest BCUT2D eigenvalue weighted by molar-refractivity contribution is 0.177. The number of methoxy groups -OCH3 is 1. The minimum atomic E-state index is -0.767. The number of aliphatic hydroxyl groups excluding tert-OH is 1. The summed E-state index contributed by atoms with van der Waals surface area (Å²) in [6, 6.07) is 4.51. The molecule has 0 saturated heterocycles. The highest BCUT2D eigenvalue weighted by Crippen LogP contribution is 2.26. The average Bonchev–Trinajstić information content (AvgIpc) is 2.65. The quantitative estimate of drug-likeness (QED) is 0.934. The van der Waals surface area contributed by atoms with Gasteiger partial charge < -0.3 is 9.84 Å². The van der Waals surface area contributed by atoms with Crippen molar-refractivity contribution < 1.29 is 14.2 Å². The fraction of sp³-hybridized carbons (Fsp3) is 0.400. The van der Waals surface area contributed by atoms with E-state index in [1.165, 1.54) is 19.2 Å². The van der Waals surface area contributed by atoms with Crippen molar-refractivity contribution in [1.29, 1.82) is 0 Å². The maximum Gasteiger partial charge on any atom is 0.165 e. The fourth-order valence-corrected chi connectivity index (χ4v) is 2.31. The minimum absolute atomic E-state index is 0.176. The number of hydrogen-bond acceptors (Lipinski definition) is 3. The van der Waals surface area contributed by atoms with Crippen LogP contribution in [0.15, 0.2) is 18.2 Å². The van der Waals surface area contributed by atoms with Crippen molar-refractivity contribution in [3.63, 3.8) is 0 Å². The van der Waals surface area contributed by atoms with Crippen LogP contribution in [0.5, 0.6) is 5.75 Å². The SMILES string of the molecule is COc1ccc(C(O)Cc2c(C)nn(C)c2C)cc1F. The molecule has 0 amide bonds. The number of aliphatic hydroxyl groups is 1. The van der Waals surface area contributed by atoms with Gasteiger partial charge in [0, 0.05) is 19.2 Å². The van der Waals surface area contributed by atoms with E-state index in [4.69, 9.17) is 4.74 Å². The number of ether oxygens (including phenoxy) is 1. The molecule has 0 radical (unpaired) electrons. The van der Waals surface area contributed by atoms with E-state index in [1.54, 1.807) is 10.7 Å². The Morgan fingerprint density at radius 2 is 2.10 bits per heavy atom. The zero-order valence-corrected chi connectivity index (χ0v) is 12.1. The molecule has 4 nitrogen and oxygen atoms in total. The molecule has 0 spiro atoms. The van der Waals surface area contributed by atoms with E-state index in [1.807, 2.05) is 20.9 Å². The van der Waals surface area contributed by atoms with Gasteiger partial charge in [0.05, 0.1) is 18.9 Å². The van der Waals surface area contributed by atoms with Crippen LogP contribution in [0.3, 0.4) is 0 Å². The molecule has 0 saturated carbocycles. The van der Waals surface area contributed by atoms with Crippen molar-refractivity contribution in [3.05, 3.63) is 46.5 Å². The van der Waals surface area contributed by atoms with Crippen molar-refractivity contribution >= 4 is 0 Å². The largest absolute Gasteiger partial charge is 0.494 e. The molecular weight excluding hydrogens is 259 g/mol. The van der Waals surface area contributed by atoms with Crippen LogP contribution < -0.4 is 4.74 Å². The molecule has 0 bridgehead atoms. The van der Waals surface area contributed by atoms with Crippen molar-refractivity contribution in [3.8, 4) is 5.75 Å². The van der Waals surface area contributed by atoms with E-state index in [9.17, 15) is 9.50 Å². The number of rotatable bonds is 4. The summed E-state index contributed by atoms with van der Waals surface area (Å²) in [5.74, 6) is -0.293. The van der Waals surface area contributed by atoms with Crippen LogP contribution in [0.4, 0.5) is 4.39 Å². The second kappa shape index (κ2) is 5.63. The summed E-state index contributed by atoms with van der Waals surface area (Å²) in [6.45, 7) is 3.86. The lowest BCUT2D eigenvalue weighted by Crippen LogP contribution is -2.05. The first-order chi connectivity index (χ1) is 9.43. The number of halogens is 1. The Morgan fingerprint density at radius 3 is 2.60 bits per heavy atom. The van der Waals surface area contributed by atoms with E-state index >= 15 is 0 Å². The van der Waals surface area contributed by atoms with Gasteiger partial charge in [-0.1, -0.05) is 6.07 Å². The Balaban J connectivity index is 2.23. The first kappa shape index (κ1) is 14.5. The summed E-state index contributed by atoms with van der Waals surface area (Å²) in [4.78, 5) is 0. The van der Waals surface area contributed by atoms with Crippen LogP contribution in [-0.2, 0) is 13.5 Å². The normalized spacial score (nSPS) is 12.5. The second-order valence-electron chi connectivity index (χ2n) is 4.89. The van der Waals surface area contributed by atoms with Crippen molar-refractivity contribution in [2.45, 2.75) is 26.4 Å². The van der Waals surface area contributed by atoms with Crippen LogP contribution in [0.25, 0.3) is 0 Å². The Hall–Kier alpha value is -1.88. The predicted octanol–water partition coefficient (Wildman–Crippen LogP) is 2.46. The Kier molecular flexibility index (Phi) is 4.09. The summed E-state index contributed by atoms with van der Waals surface area (Å²) >= 11 is 0. The molecular formula is C15H19FN2O2. The molecule has 0 fully saturated rings. The average molecular weight is 278 g/mol. The van der Waals surface area contributed by atoms with Gasteiger partial charge in [-0.05, 0) is 37.1 Å². The van der Waals surface area contributed by atoms with E-state index in [0.29, 0.717) is 12.0 Å². The molecule has 20 heavy (non-hydrogen) atoms. The molecule has 1 N–H and O–H groups in total. The Bertz CT molecular complexity index is 623. The molecule has 2 aromatic rings. The molecule has 5 heteroatoms. The molecule has 1 aromatic carbocycles. The lowest BCUT2D eigenvalue weighted by atomic mass is 10.00. The molecule has 108 valence electrons. The first-order valence-electron chi connectivity index (χ1n) is 6.44. The van der Waals surface area contributed by atoms with Gasteiger partial charge in [-0.3, -0.25) is 4.68 Å². The first-order valence-corrected chi connectivity index (χ1v) is 6.44. The third-order valence-electron chi connectivity index (χ3n) is 3.62. The third-order valence-corrected chi connectivity index (χ3v) is 3.62. The van der Waals surface area contributed by atoms with Gasteiger partial charge in [0.25, 0.3) is 0 Å². The maximum atomic E-state index is 13.7. The molecule has 1 aromatic heterocycles. The summed E-state index contributed by atoms with van der Waals surface area (Å²) < 4.78 is 20.3. The van der Waals surface area contributed by atoms with Crippen LogP contribution in [-0.4, -0.2) is 22.0 Å². The number of hydrogen-bond donors (Lipinski definition) is 1. The second-order valence-corrected chi connectivity index (χ2v) is 4.89. The number of aryl methyl sites for hydroxylation is 2. The van der Waals surface area contributed by atoms with Crippen molar-refractivity contribution in [2.75, 3.05) is 7.11 Å². The zero-order chi connectivity index (χ0) is 14.9. The van der Waals surface area contributed by atoms with Crippen LogP contribution in [0, 0.1) is 19.7 Å². The zero-order valence-electron chi connectivity index (χ0n) is 12.1. The predicted molar refractivity (Wildman–Crippen MR) is 74.3 cm³/mol. The van der Waals surface area contributed by atoms with E-state index in [0.717, 1.165) is 17.0 Å². The number of nitrogens with zero attached hydrogens (tertiary/aromatic N) is 2. The van der Waals surface area contributed by atoms with Crippen molar-refractivity contribution in [2.24, 2.45) is 7.05 Å². The smallest absolute Gasteiger partial charge is 0.165 e. The van der Waals surface area contributed by atoms with Gasteiger partial charge in [-0.15, -0.1) is 0 Å². The molecule has 1 heterocycles. The van der Waals surface area contributed by atoms with E-state index < -0.39 is 11.9 Å². The van der Waals surface area contributed by atoms with Crippen molar-refractivity contribution in [1.82, 2.24) is 9.78 Å². The maximum absolute atomic E-state index is 13.7. The van der Waals surface area contributed by atoms with Crippen LogP contribution >= 0.6 is 0 Å². The monoisotopic (exact) mass is 278 g/mol. The van der Waals surface area contributed by atoms with Gasteiger partial charge in [0.15, 0.2) is 11.6 Å². The third kappa shape index (κ3) is 2.67. The van der Waals surface area contributed by atoms with Gasteiger partial charge in [-0.2, -0.15) is 5.10 Å². The summed E-state index contributed by atoms with van der Waals surface area (Å²) in [7, 11) is 3.28. The van der Waals surface area contributed by atoms with E-state index in [-0.39, 0.29) is 5.75 Å². The molecule has 1 atom stereocenters. The summed E-state index contributed by atoms with van der Waals surface area (Å²) in [5, 5.41) is 14.6. The van der Waals surface area contributed by atoms with E-state index in [2.05, 4.69) is 5.10 Å². The Labute approximate surface area is 117 Å². The van der Waals surface area contributed by atoms with Gasteiger partial charge >= 0.3 is 0 Å². The lowest BCUT2D eigenvalue weighted by Gasteiger charge is -2.12. The molecule has 0 aliphatic heterocycles. The van der Waals surface area contributed by atoms with Crippen LogP contribution in [0.1, 0.15) is 28.6 Å². The van der Waals surface area contributed by atoms with Gasteiger partial charge in [0.1, 0.15) is 0 Å². The molecule has 1 unspecified atom stereocenters. The highest BCUT2D eigenvalue weighted by molar-refractivity contribution is 5.32. The topological polar surface area (TPSA) is 47.3 Å². The minimum Gasteiger partial charge on any atom is -0.494 e. The summed E-state index contributed by atoms with van der Waals surface area (Å²) in [5.41, 5.74) is 3.43. The number of benzene rings is 1. The van der Waals surface area contributed by atoms with Crippen LogP contribution in [0.2, 0.25) is 0 Å². The van der Waals surface area contributed by atoms with Gasteiger partial charge in [-0.25, -0.2) is 4.39 Å². The highest BCUT2D eigenvalue weighted by atomic mass is 19.1. The molecule has 0 aliphatic rings. The molecule has 2 rings (SSSR count). The Morgan fingerprint density at radius 1 is 1.40 bits per heavy atom. The fourth-order valence-electron chi connectivity index (χ4n) is 2.31. The number of aromatic nitrogens is 2.